The molecule has 1 heterocycles. The van der Waals surface area contributed by atoms with Gasteiger partial charge in [-0.3, -0.25) is 24.1 Å². The second-order valence-corrected chi connectivity index (χ2v) is 9.96. The van der Waals surface area contributed by atoms with Gasteiger partial charge in [0.25, 0.3) is 5.91 Å². The number of anilines is 2. The fourth-order valence-electron chi connectivity index (χ4n) is 5.46. The number of nitrogens with one attached hydrogen (secondary N) is 1. The Bertz CT molecular complexity index is 1450. The number of esters is 1. The summed E-state index contributed by atoms with van der Waals surface area (Å²) in [6, 6.07) is 22.6. The zero-order valence-electron chi connectivity index (χ0n) is 21.5. The normalized spacial score (nSPS) is 20.3. The highest BCUT2D eigenvalue weighted by atomic mass is 16.5. The van der Waals surface area contributed by atoms with E-state index < -0.39 is 24.4 Å². The second-order valence-electron chi connectivity index (χ2n) is 9.96. The quantitative estimate of drug-likeness (QED) is 0.271. The first-order valence-electron chi connectivity index (χ1n) is 12.9. The third-order valence-electron chi connectivity index (χ3n) is 7.42. The summed E-state index contributed by atoms with van der Waals surface area (Å²) in [7, 11) is 0. The summed E-state index contributed by atoms with van der Waals surface area (Å²) in [6.45, 7) is 0.884. The van der Waals surface area contributed by atoms with Crippen molar-refractivity contribution in [2.24, 2.45) is 11.8 Å². The average Bonchev–Trinajstić information content (AvgIpc) is 3.21. The Morgan fingerprint density at radius 1 is 0.846 bits per heavy atom. The maximum atomic E-state index is 13.4. The van der Waals surface area contributed by atoms with E-state index in [-0.39, 0.29) is 35.0 Å². The molecule has 3 aromatic carbocycles. The molecular weight excluding hydrogens is 496 g/mol. The molecular formula is C31H28N2O6. The summed E-state index contributed by atoms with van der Waals surface area (Å²) in [4.78, 5) is 64.3. The Morgan fingerprint density at radius 3 is 2.33 bits per heavy atom. The Labute approximate surface area is 226 Å². The SMILES string of the molecule is CC(=O)c1cccc(NC(=O)COC(=O)c2cccc(N3C(=O)[C@H]4C[C@H](c5ccccc5)CC[C@H]4C3=O)c2)c1. The van der Waals surface area contributed by atoms with Gasteiger partial charge < -0.3 is 10.1 Å². The van der Waals surface area contributed by atoms with Gasteiger partial charge in [-0.2, -0.15) is 0 Å². The summed E-state index contributed by atoms with van der Waals surface area (Å²) < 4.78 is 5.16. The number of imide groups is 1. The molecule has 3 aromatic rings. The Kier molecular flexibility index (Phi) is 7.36. The Balaban J connectivity index is 1.23. The van der Waals surface area contributed by atoms with Crippen molar-refractivity contribution < 1.29 is 28.7 Å². The van der Waals surface area contributed by atoms with E-state index in [4.69, 9.17) is 4.74 Å². The van der Waals surface area contributed by atoms with Gasteiger partial charge in [-0.05, 0) is 68.0 Å². The number of ether oxygens (including phenoxy) is 1. The van der Waals surface area contributed by atoms with Crippen molar-refractivity contribution in [3.05, 3.63) is 95.6 Å². The molecule has 2 fully saturated rings. The lowest BCUT2D eigenvalue weighted by Gasteiger charge is -2.28. The van der Waals surface area contributed by atoms with Crippen LogP contribution in [0, 0.1) is 11.8 Å². The van der Waals surface area contributed by atoms with Gasteiger partial charge in [0.1, 0.15) is 0 Å². The minimum absolute atomic E-state index is 0.122. The van der Waals surface area contributed by atoms with Crippen molar-refractivity contribution in [3.8, 4) is 0 Å². The number of carbonyl (C=O) groups excluding carboxylic acids is 5. The van der Waals surface area contributed by atoms with Crippen molar-refractivity contribution >= 4 is 40.8 Å². The molecule has 0 radical (unpaired) electrons. The minimum atomic E-state index is -0.759. The lowest BCUT2D eigenvalue weighted by atomic mass is 9.73. The summed E-state index contributed by atoms with van der Waals surface area (Å²) in [5.41, 5.74) is 2.47. The highest BCUT2D eigenvalue weighted by Gasteiger charge is 2.50. The molecule has 0 unspecified atom stereocenters. The number of fused-ring (bicyclic) bond motifs is 1. The average molecular weight is 525 g/mol. The third-order valence-corrected chi connectivity index (χ3v) is 7.42. The van der Waals surface area contributed by atoms with Gasteiger partial charge in [-0.25, -0.2) is 4.79 Å². The van der Waals surface area contributed by atoms with Crippen LogP contribution in [0.3, 0.4) is 0 Å². The number of carbonyl (C=O) groups is 5. The van der Waals surface area contributed by atoms with E-state index in [1.165, 1.54) is 35.6 Å². The van der Waals surface area contributed by atoms with E-state index in [0.717, 1.165) is 6.42 Å². The van der Waals surface area contributed by atoms with Crippen molar-refractivity contribution in [1.29, 1.82) is 0 Å². The number of Topliss-reactive ketones (excluding diaryl/α,β-unsaturated/α-hetero) is 1. The van der Waals surface area contributed by atoms with E-state index in [0.29, 0.717) is 29.8 Å². The van der Waals surface area contributed by atoms with Gasteiger partial charge in [0.05, 0.1) is 23.1 Å². The van der Waals surface area contributed by atoms with Crippen molar-refractivity contribution in [1.82, 2.24) is 0 Å². The summed E-state index contributed by atoms with van der Waals surface area (Å²) in [5.74, 6) is -2.48. The van der Waals surface area contributed by atoms with Crippen LogP contribution in [0.1, 0.15) is 58.4 Å². The standard InChI is InChI=1S/C31H28N2O6/c1-19(34)21-9-5-11-24(15-21)32-28(35)18-39-31(38)23-10-6-12-25(16-23)33-29(36)26-14-13-22(17-27(26)30(33)37)20-7-3-2-4-8-20/h2-12,15-16,22,26-27H,13-14,17-18H2,1H3,(H,32,35)/t22-,26-,27+/m1/s1. The van der Waals surface area contributed by atoms with Crippen LogP contribution < -0.4 is 10.2 Å². The fraction of sp³-hybridized carbons (Fsp3) is 0.258. The number of nitrogens with zero attached hydrogens (tertiary/aromatic N) is 1. The van der Waals surface area contributed by atoms with Crippen LogP contribution in [0.25, 0.3) is 0 Å². The van der Waals surface area contributed by atoms with Crippen LogP contribution in [0.15, 0.2) is 78.9 Å². The highest BCUT2D eigenvalue weighted by Crippen LogP contribution is 2.45. The molecule has 8 nitrogen and oxygen atoms in total. The van der Waals surface area contributed by atoms with E-state index >= 15 is 0 Å². The maximum absolute atomic E-state index is 13.4. The van der Waals surface area contributed by atoms with E-state index in [2.05, 4.69) is 17.4 Å². The first-order valence-corrected chi connectivity index (χ1v) is 12.9. The summed E-state index contributed by atoms with van der Waals surface area (Å²) in [6.07, 6.45) is 2.09. The topological polar surface area (TPSA) is 110 Å². The third kappa shape index (κ3) is 5.50. The number of rotatable bonds is 7. The van der Waals surface area contributed by atoms with Crippen LogP contribution in [0.2, 0.25) is 0 Å². The summed E-state index contributed by atoms with van der Waals surface area (Å²) >= 11 is 0. The second kappa shape index (κ2) is 11.0. The largest absolute Gasteiger partial charge is 0.452 e. The molecule has 1 aliphatic carbocycles. The Hall–Kier alpha value is -4.59. The van der Waals surface area contributed by atoms with Crippen LogP contribution in [0.4, 0.5) is 11.4 Å². The van der Waals surface area contributed by atoms with Crippen molar-refractivity contribution in [2.45, 2.75) is 32.1 Å². The molecule has 3 atom stereocenters. The molecule has 1 N–H and O–H groups in total. The van der Waals surface area contributed by atoms with Gasteiger partial charge in [0.2, 0.25) is 11.8 Å². The predicted molar refractivity (Wildman–Crippen MR) is 144 cm³/mol. The van der Waals surface area contributed by atoms with Crippen LogP contribution in [0.5, 0.6) is 0 Å². The molecule has 8 heteroatoms. The molecule has 198 valence electrons. The predicted octanol–water partition coefficient (Wildman–Crippen LogP) is 4.76. The molecule has 5 rings (SSSR count). The molecule has 39 heavy (non-hydrogen) atoms. The van der Waals surface area contributed by atoms with Gasteiger partial charge in [-0.15, -0.1) is 0 Å². The van der Waals surface area contributed by atoms with E-state index in [9.17, 15) is 24.0 Å². The molecule has 0 bridgehead atoms. The lowest BCUT2D eigenvalue weighted by molar-refractivity contribution is -0.122. The zero-order valence-corrected chi connectivity index (χ0v) is 21.5. The van der Waals surface area contributed by atoms with Crippen LogP contribution in [-0.2, 0) is 19.1 Å². The van der Waals surface area contributed by atoms with Crippen LogP contribution >= 0.6 is 0 Å². The number of ketones is 1. The molecule has 1 saturated heterocycles. The highest BCUT2D eigenvalue weighted by molar-refractivity contribution is 6.22. The molecule has 1 aliphatic heterocycles. The first kappa shape index (κ1) is 26.0. The first-order chi connectivity index (χ1) is 18.8. The lowest BCUT2D eigenvalue weighted by Crippen LogP contribution is -2.31. The molecule has 0 aromatic heterocycles. The van der Waals surface area contributed by atoms with Gasteiger partial charge >= 0.3 is 5.97 Å². The van der Waals surface area contributed by atoms with Gasteiger partial charge in [0.15, 0.2) is 12.4 Å². The van der Waals surface area contributed by atoms with E-state index in [1.54, 1.807) is 30.3 Å². The summed E-state index contributed by atoms with van der Waals surface area (Å²) in [5, 5.41) is 2.59. The number of hydrogen-bond donors (Lipinski definition) is 1. The number of hydrogen-bond acceptors (Lipinski definition) is 6. The smallest absolute Gasteiger partial charge is 0.338 e. The fourth-order valence-corrected chi connectivity index (χ4v) is 5.46. The molecule has 0 spiro atoms. The van der Waals surface area contributed by atoms with Gasteiger partial charge in [0, 0.05) is 11.3 Å². The number of benzene rings is 3. The van der Waals surface area contributed by atoms with Crippen LogP contribution in [-0.4, -0.2) is 36.1 Å². The maximum Gasteiger partial charge on any atom is 0.338 e. The minimum Gasteiger partial charge on any atom is -0.452 e. The molecule has 2 aliphatic rings. The van der Waals surface area contributed by atoms with Crippen molar-refractivity contribution in [2.75, 3.05) is 16.8 Å². The van der Waals surface area contributed by atoms with E-state index in [1.807, 2.05) is 18.2 Å². The monoisotopic (exact) mass is 524 g/mol. The van der Waals surface area contributed by atoms with Gasteiger partial charge in [-0.1, -0.05) is 48.5 Å². The zero-order chi connectivity index (χ0) is 27.5. The molecule has 1 saturated carbocycles. The molecule has 3 amide bonds. The van der Waals surface area contributed by atoms with Crippen molar-refractivity contribution in [3.63, 3.8) is 0 Å². The number of amides is 3. The Morgan fingerprint density at radius 2 is 1.56 bits per heavy atom.